The van der Waals surface area contributed by atoms with Crippen LogP contribution in [0.5, 0.6) is 0 Å². The number of carbonyl (C=O) groups excluding carboxylic acids is 2. The molecule has 2 unspecified atom stereocenters. The number of benzene rings is 1. The van der Waals surface area contributed by atoms with Crippen LogP contribution < -0.4 is 10.2 Å². The molecule has 1 aromatic carbocycles. The van der Waals surface area contributed by atoms with E-state index in [1.807, 2.05) is 35.2 Å². The van der Waals surface area contributed by atoms with Crippen LogP contribution in [-0.4, -0.2) is 62.1 Å². The van der Waals surface area contributed by atoms with Gasteiger partial charge in [-0.25, -0.2) is 0 Å². The van der Waals surface area contributed by atoms with Gasteiger partial charge in [-0.3, -0.25) is 9.59 Å². The third kappa shape index (κ3) is 3.94. The maximum Gasteiger partial charge on any atom is 0.240 e. The molecule has 2 aliphatic rings. The van der Waals surface area contributed by atoms with E-state index in [2.05, 4.69) is 5.32 Å². The van der Waals surface area contributed by atoms with Crippen LogP contribution in [0.2, 0.25) is 0 Å². The van der Waals surface area contributed by atoms with Crippen molar-refractivity contribution in [3.05, 3.63) is 30.3 Å². The van der Waals surface area contributed by atoms with Crippen molar-refractivity contribution >= 4 is 17.5 Å². The lowest BCUT2D eigenvalue weighted by atomic mass is 10.1. The molecule has 1 N–H and O–H groups in total. The first-order chi connectivity index (χ1) is 11.6. The lowest BCUT2D eigenvalue weighted by molar-refractivity contribution is -0.139. The molecule has 1 aromatic rings. The van der Waals surface area contributed by atoms with Crippen LogP contribution in [0.25, 0.3) is 0 Å². The molecule has 2 aliphatic heterocycles. The summed E-state index contributed by atoms with van der Waals surface area (Å²) in [6.45, 7) is 2.82. The summed E-state index contributed by atoms with van der Waals surface area (Å²) in [4.78, 5) is 28.6. The molecular weight excluding hydrogens is 306 g/mol. The highest BCUT2D eigenvalue weighted by Gasteiger charge is 2.32. The van der Waals surface area contributed by atoms with Crippen LogP contribution in [0.4, 0.5) is 5.69 Å². The number of carbonyl (C=O) groups is 2. The highest BCUT2D eigenvalue weighted by molar-refractivity contribution is 5.97. The van der Waals surface area contributed by atoms with Crippen LogP contribution >= 0.6 is 0 Å². The molecule has 2 heterocycles. The summed E-state index contributed by atoms with van der Waals surface area (Å²) < 4.78 is 5.63. The molecule has 0 saturated carbocycles. The summed E-state index contributed by atoms with van der Waals surface area (Å²) in [5.74, 6) is -0.0578. The molecule has 0 aromatic heterocycles. The Morgan fingerprint density at radius 3 is 2.88 bits per heavy atom. The molecule has 0 radical (unpaired) electrons. The lowest BCUT2D eigenvalue weighted by Gasteiger charge is -2.34. The Morgan fingerprint density at radius 2 is 2.17 bits per heavy atom. The maximum absolute atomic E-state index is 12.6. The predicted octanol–water partition coefficient (Wildman–Crippen LogP) is 1.02. The van der Waals surface area contributed by atoms with Crippen molar-refractivity contribution in [2.75, 3.05) is 38.2 Å². The number of hydrogen-bond donors (Lipinski definition) is 1. The highest BCUT2D eigenvalue weighted by Crippen LogP contribution is 2.17. The Hall–Kier alpha value is -1.92. The summed E-state index contributed by atoms with van der Waals surface area (Å²) in [6, 6.07) is 9.03. The fourth-order valence-electron chi connectivity index (χ4n) is 3.27. The van der Waals surface area contributed by atoms with Gasteiger partial charge in [0, 0.05) is 39.0 Å². The first kappa shape index (κ1) is 16.9. The average Bonchev–Trinajstić information content (AvgIpc) is 3.11. The van der Waals surface area contributed by atoms with E-state index in [-0.39, 0.29) is 24.3 Å². The molecule has 0 bridgehead atoms. The van der Waals surface area contributed by atoms with Gasteiger partial charge < -0.3 is 19.9 Å². The van der Waals surface area contributed by atoms with Gasteiger partial charge in [-0.15, -0.1) is 0 Å². The van der Waals surface area contributed by atoms with Gasteiger partial charge in [0.2, 0.25) is 11.8 Å². The van der Waals surface area contributed by atoms with E-state index in [4.69, 9.17) is 4.74 Å². The molecule has 6 heteroatoms. The number of ether oxygens (including phenoxy) is 1. The number of nitrogens with zero attached hydrogens (tertiary/aromatic N) is 2. The Balaban J connectivity index is 1.57. The maximum atomic E-state index is 12.6. The fraction of sp³-hybridized carbons (Fsp3) is 0.556. The minimum atomic E-state index is -0.446. The fourth-order valence-corrected chi connectivity index (χ4v) is 3.27. The van der Waals surface area contributed by atoms with E-state index < -0.39 is 6.04 Å². The number of nitrogens with one attached hydrogen (secondary N) is 1. The molecule has 6 nitrogen and oxygen atoms in total. The van der Waals surface area contributed by atoms with Crippen molar-refractivity contribution < 1.29 is 14.3 Å². The summed E-state index contributed by atoms with van der Waals surface area (Å²) in [6.07, 6.45) is 2.40. The van der Waals surface area contributed by atoms with Gasteiger partial charge in [0.15, 0.2) is 0 Å². The Morgan fingerprint density at radius 1 is 1.38 bits per heavy atom. The van der Waals surface area contributed by atoms with Crippen molar-refractivity contribution in [2.24, 2.45) is 0 Å². The molecule has 2 fully saturated rings. The minimum absolute atomic E-state index is 0.00608. The Bertz CT molecular complexity index is 572. The smallest absolute Gasteiger partial charge is 0.240 e. The highest BCUT2D eigenvalue weighted by atomic mass is 16.5. The van der Waals surface area contributed by atoms with Gasteiger partial charge in [0.25, 0.3) is 0 Å². The number of anilines is 1. The van der Waals surface area contributed by atoms with E-state index in [9.17, 15) is 9.59 Å². The largest absolute Gasteiger partial charge is 0.376 e. The lowest BCUT2D eigenvalue weighted by Crippen LogP contribution is -2.57. The first-order valence-corrected chi connectivity index (χ1v) is 8.60. The molecule has 0 aliphatic carbocycles. The summed E-state index contributed by atoms with van der Waals surface area (Å²) >= 11 is 0. The number of para-hydroxylation sites is 1. The molecule has 2 atom stereocenters. The van der Waals surface area contributed by atoms with Gasteiger partial charge in [-0.2, -0.15) is 0 Å². The second-order valence-corrected chi connectivity index (χ2v) is 6.42. The third-order valence-corrected chi connectivity index (χ3v) is 4.73. The molecular formula is C18H25N3O3. The van der Waals surface area contributed by atoms with Gasteiger partial charge in [-0.1, -0.05) is 18.2 Å². The normalized spacial score (nSPS) is 24.2. The summed E-state index contributed by atoms with van der Waals surface area (Å²) in [7, 11) is 1.75. The van der Waals surface area contributed by atoms with E-state index in [1.54, 1.807) is 11.9 Å². The number of rotatable bonds is 5. The van der Waals surface area contributed by atoms with E-state index in [0.717, 1.165) is 25.1 Å². The van der Waals surface area contributed by atoms with E-state index in [1.165, 1.54) is 0 Å². The zero-order valence-electron chi connectivity index (χ0n) is 14.1. The van der Waals surface area contributed by atoms with E-state index in [0.29, 0.717) is 19.6 Å². The first-order valence-electron chi connectivity index (χ1n) is 8.60. The standard InChI is InChI=1S/C18H25N3O3/c1-20(14-6-3-2-4-7-14)17(22)12-16-18(23)21(10-9-19-16)13-15-8-5-11-24-15/h2-4,6-7,15-16,19H,5,8-13H2,1H3. The van der Waals surface area contributed by atoms with Gasteiger partial charge in [0.1, 0.15) is 0 Å². The molecule has 2 saturated heterocycles. The molecule has 0 spiro atoms. The van der Waals surface area contributed by atoms with Gasteiger partial charge >= 0.3 is 0 Å². The zero-order valence-corrected chi connectivity index (χ0v) is 14.1. The topological polar surface area (TPSA) is 61.9 Å². The van der Waals surface area contributed by atoms with Crippen LogP contribution in [0.15, 0.2) is 30.3 Å². The number of piperazine rings is 1. The van der Waals surface area contributed by atoms with Crippen molar-refractivity contribution in [3.8, 4) is 0 Å². The monoisotopic (exact) mass is 331 g/mol. The second-order valence-electron chi connectivity index (χ2n) is 6.42. The number of amides is 2. The molecule has 3 rings (SSSR count). The van der Waals surface area contributed by atoms with Crippen molar-refractivity contribution in [1.82, 2.24) is 10.2 Å². The predicted molar refractivity (Wildman–Crippen MR) is 91.8 cm³/mol. The second kappa shape index (κ2) is 7.77. The van der Waals surface area contributed by atoms with Crippen molar-refractivity contribution in [3.63, 3.8) is 0 Å². The van der Waals surface area contributed by atoms with Crippen molar-refractivity contribution in [1.29, 1.82) is 0 Å². The quantitative estimate of drug-likeness (QED) is 0.875. The van der Waals surface area contributed by atoms with Crippen LogP contribution in [0.3, 0.4) is 0 Å². The Kier molecular flexibility index (Phi) is 5.48. The Labute approximate surface area is 142 Å². The molecule has 130 valence electrons. The zero-order chi connectivity index (χ0) is 16.9. The van der Waals surface area contributed by atoms with Gasteiger partial charge in [0.05, 0.1) is 18.6 Å². The molecule has 2 amide bonds. The van der Waals surface area contributed by atoms with Crippen LogP contribution in [0.1, 0.15) is 19.3 Å². The summed E-state index contributed by atoms with van der Waals surface area (Å²) in [5.41, 5.74) is 0.835. The van der Waals surface area contributed by atoms with Gasteiger partial charge in [-0.05, 0) is 25.0 Å². The third-order valence-electron chi connectivity index (χ3n) is 4.73. The van der Waals surface area contributed by atoms with Crippen LogP contribution in [0, 0.1) is 0 Å². The van der Waals surface area contributed by atoms with E-state index >= 15 is 0 Å². The summed E-state index contributed by atoms with van der Waals surface area (Å²) in [5, 5.41) is 3.18. The SMILES string of the molecule is CN(C(=O)CC1NCCN(CC2CCCO2)C1=O)c1ccccc1. The molecule has 24 heavy (non-hydrogen) atoms. The van der Waals surface area contributed by atoms with Crippen molar-refractivity contribution in [2.45, 2.75) is 31.4 Å². The number of hydrogen-bond acceptors (Lipinski definition) is 4. The average molecular weight is 331 g/mol. The van der Waals surface area contributed by atoms with Crippen LogP contribution in [-0.2, 0) is 14.3 Å². The minimum Gasteiger partial charge on any atom is -0.376 e.